The molecule has 0 aliphatic carbocycles. The number of carbonyl (C=O) groups is 2. The monoisotopic (exact) mass is 376 g/mol. The Morgan fingerprint density at radius 3 is 2.50 bits per heavy atom. The lowest BCUT2D eigenvalue weighted by atomic mass is 10.1. The lowest BCUT2D eigenvalue weighted by Gasteiger charge is -2.15. The minimum Gasteiger partial charge on any atom is -0.348 e. The van der Waals surface area contributed by atoms with E-state index in [0.717, 1.165) is 31.5 Å². The highest BCUT2D eigenvalue weighted by molar-refractivity contribution is 5.95. The average molecular weight is 376 g/mol. The lowest BCUT2D eigenvalue weighted by molar-refractivity contribution is 0.0792. The molecule has 0 spiro atoms. The van der Waals surface area contributed by atoms with Gasteiger partial charge in [-0.05, 0) is 59.2 Å². The number of nitrogens with zero attached hydrogens (tertiary/aromatic N) is 5. The summed E-state index contributed by atoms with van der Waals surface area (Å²) in [6, 6.07) is 14.5. The van der Waals surface area contributed by atoms with Gasteiger partial charge in [-0.15, -0.1) is 5.10 Å². The number of hydrogen-bond donors (Lipinski definition) is 1. The van der Waals surface area contributed by atoms with Crippen molar-refractivity contribution in [3.05, 3.63) is 71.5 Å². The Morgan fingerprint density at radius 1 is 1.00 bits per heavy atom. The van der Waals surface area contributed by atoms with Crippen molar-refractivity contribution < 1.29 is 9.59 Å². The normalized spacial score (nSPS) is 13.5. The largest absolute Gasteiger partial charge is 0.348 e. The summed E-state index contributed by atoms with van der Waals surface area (Å²) >= 11 is 0. The first kappa shape index (κ1) is 17.8. The minimum atomic E-state index is -0.188. The number of carbonyl (C=O) groups excluding carboxylic acids is 2. The zero-order valence-corrected chi connectivity index (χ0v) is 15.3. The van der Waals surface area contributed by atoms with E-state index in [1.54, 1.807) is 18.2 Å². The summed E-state index contributed by atoms with van der Waals surface area (Å²) in [6.45, 7) is 2.05. The Kier molecular flexibility index (Phi) is 5.09. The molecular formula is C20H20N6O2. The molecule has 2 aromatic carbocycles. The first-order chi connectivity index (χ1) is 13.7. The molecule has 0 unspecified atom stereocenters. The predicted molar refractivity (Wildman–Crippen MR) is 102 cm³/mol. The molecule has 8 heteroatoms. The van der Waals surface area contributed by atoms with Crippen molar-refractivity contribution in [1.82, 2.24) is 30.4 Å². The Labute approximate surface area is 162 Å². The maximum Gasteiger partial charge on any atom is 0.253 e. The maximum absolute atomic E-state index is 12.5. The summed E-state index contributed by atoms with van der Waals surface area (Å²) in [7, 11) is 0. The van der Waals surface area contributed by atoms with Gasteiger partial charge in [-0.25, -0.2) is 4.68 Å². The first-order valence-corrected chi connectivity index (χ1v) is 9.20. The second-order valence-corrected chi connectivity index (χ2v) is 6.68. The van der Waals surface area contributed by atoms with E-state index in [-0.39, 0.29) is 11.8 Å². The molecule has 0 saturated carbocycles. The van der Waals surface area contributed by atoms with Crippen LogP contribution in [0.2, 0.25) is 0 Å². The van der Waals surface area contributed by atoms with Crippen LogP contribution in [0.5, 0.6) is 0 Å². The van der Waals surface area contributed by atoms with Crippen LogP contribution in [0.4, 0.5) is 0 Å². The average Bonchev–Trinajstić information content (AvgIpc) is 3.46. The van der Waals surface area contributed by atoms with Gasteiger partial charge >= 0.3 is 0 Å². The van der Waals surface area contributed by atoms with Gasteiger partial charge in [-0.2, -0.15) is 0 Å². The van der Waals surface area contributed by atoms with Crippen LogP contribution in [-0.2, 0) is 6.54 Å². The van der Waals surface area contributed by atoms with Gasteiger partial charge in [0.2, 0.25) is 0 Å². The summed E-state index contributed by atoms with van der Waals surface area (Å²) in [5.41, 5.74) is 2.85. The summed E-state index contributed by atoms with van der Waals surface area (Å²) in [5, 5.41) is 13.9. The van der Waals surface area contributed by atoms with Crippen molar-refractivity contribution >= 4 is 11.8 Å². The Morgan fingerprint density at radius 2 is 1.79 bits per heavy atom. The quantitative estimate of drug-likeness (QED) is 0.733. The standard InChI is InChI=1S/C20H20N6O2/c27-19(17-4-3-5-18(12-17)26-14-22-23-24-26)21-13-15-6-8-16(9-7-15)20(28)25-10-1-2-11-25/h3-9,12,14H,1-2,10-11,13H2,(H,21,27). The summed E-state index contributed by atoms with van der Waals surface area (Å²) in [5.74, 6) is -0.111. The summed E-state index contributed by atoms with van der Waals surface area (Å²) in [6.07, 6.45) is 3.62. The van der Waals surface area contributed by atoms with Crippen LogP contribution in [0.25, 0.3) is 5.69 Å². The molecule has 28 heavy (non-hydrogen) atoms. The molecular weight excluding hydrogens is 356 g/mol. The van der Waals surface area contributed by atoms with Gasteiger partial charge in [0.25, 0.3) is 11.8 Å². The van der Waals surface area contributed by atoms with Gasteiger partial charge in [0.1, 0.15) is 6.33 Å². The van der Waals surface area contributed by atoms with Crippen molar-refractivity contribution in [3.63, 3.8) is 0 Å². The van der Waals surface area contributed by atoms with Gasteiger partial charge in [0, 0.05) is 30.8 Å². The van der Waals surface area contributed by atoms with Crippen LogP contribution in [0, 0.1) is 0 Å². The maximum atomic E-state index is 12.5. The molecule has 0 bridgehead atoms. The predicted octanol–water partition coefficient (Wildman–Crippen LogP) is 1.83. The highest BCUT2D eigenvalue weighted by Gasteiger charge is 2.19. The zero-order valence-electron chi connectivity index (χ0n) is 15.3. The Hall–Kier alpha value is -3.55. The van der Waals surface area contributed by atoms with Crippen LogP contribution in [0.15, 0.2) is 54.9 Å². The highest BCUT2D eigenvalue weighted by atomic mass is 16.2. The highest BCUT2D eigenvalue weighted by Crippen LogP contribution is 2.14. The molecule has 142 valence electrons. The van der Waals surface area contributed by atoms with E-state index >= 15 is 0 Å². The first-order valence-electron chi connectivity index (χ1n) is 9.20. The molecule has 1 aromatic heterocycles. The third-order valence-corrected chi connectivity index (χ3v) is 4.77. The van der Waals surface area contributed by atoms with Gasteiger partial charge in [-0.3, -0.25) is 9.59 Å². The third kappa shape index (κ3) is 3.90. The number of likely N-dealkylation sites (tertiary alicyclic amines) is 1. The summed E-state index contributed by atoms with van der Waals surface area (Å²) < 4.78 is 1.49. The fraction of sp³-hybridized carbons (Fsp3) is 0.250. The van der Waals surface area contributed by atoms with Crippen LogP contribution in [0.1, 0.15) is 39.1 Å². The molecule has 1 aliphatic rings. The van der Waals surface area contributed by atoms with Crippen molar-refractivity contribution in [2.45, 2.75) is 19.4 Å². The fourth-order valence-electron chi connectivity index (χ4n) is 3.22. The zero-order chi connectivity index (χ0) is 19.3. The fourth-order valence-corrected chi connectivity index (χ4v) is 3.22. The van der Waals surface area contributed by atoms with E-state index in [1.165, 1.54) is 11.0 Å². The second kappa shape index (κ2) is 7.99. The van der Waals surface area contributed by atoms with E-state index < -0.39 is 0 Å². The molecule has 0 radical (unpaired) electrons. The van der Waals surface area contributed by atoms with Crippen LogP contribution >= 0.6 is 0 Å². The van der Waals surface area contributed by atoms with Crippen LogP contribution < -0.4 is 5.32 Å². The molecule has 2 heterocycles. The molecule has 1 aliphatic heterocycles. The third-order valence-electron chi connectivity index (χ3n) is 4.77. The SMILES string of the molecule is O=C(NCc1ccc(C(=O)N2CCCC2)cc1)c1cccc(-n2cnnn2)c1. The van der Waals surface area contributed by atoms with Crippen molar-refractivity contribution in [2.75, 3.05) is 13.1 Å². The number of hydrogen-bond acceptors (Lipinski definition) is 5. The van der Waals surface area contributed by atoms with Gasteiger partial charge in [-0.1, -0.05) is 18.2 Å². The second-order valence-electron chi connectivity index (χ2n) is 6.68. The molecule has 1 fully saturated rings. The Balaban J connectivity index is 1.37. The van der Waals surface area contributed by atoms with Crippen molar-refractivity contribution in [2.24, 2.45) is 0 Å². The molecule has 8 nitrogen and oxygen atoms in total. The van der Waals surface area contributed by atoms with E-state index in [2.05, 4.69) is 20.8 Å². The molecule has 3 aromatic rings. The summed E-state index contributed by atoms with van der Waals surface area (Å²) in [4.78, 5) is 26.7. The van der Waals surface area contributed by atoms with E-state index in [1.807, 2.05) is 35.2 Å². The van der Waals surface area contributed by atoms with E-state index in [4.69, 9.17) is 0 Å². The van der Waals surface area contributed by atoms with E-state index in [9.17, 15) is 9.59 Å². The topological polar surface area (TPSA) is 93.0 Å². The number of rotatable bonds is 5. The van der Waals surface area contributed by atoms with E-state index in [0.29, 0.717) is 23.4 Å². The number of nitrogens with one attached hydrogen (secondary N) is 1. The smallest absolute Gasteiger partial charge is 0.253 e. The Bertz CT molecular complexity index is 963. The lowest BCUT2D eigenvalue weighted by Crippen LogP contribution is -2.27. The molecule has 4 rings (SSSR count). The number of benzene rings is 2. The van der Waals surface area contributed by atoms with Gasteiger partial charge in [0.05, 0.1) is 5.69 Å². The van der Waals surface area contributed by atoms with Crippen molar-refractivity contribution in [3.8, 4) is 5.69 Å². The number of aromatic nitrogens is 4. The van der Waals surface area contributed by atoms with Crippen LogP contribution in [0.3, 0.4) is 0 Å². The number of amides is 2. The molecule has 1 N–H and O–H groups in total. The van der Waals surface area contributed by atoms with Crippen molar-refractivity contribution in [1.29, 1.82) is 0 Å². The minimum absolute atomic E-state index is 0.0764. The van der Waals surface area contributed by atoms with Gasteiger partial charge in [0.15, 0.2) is 0 Å². The van der Waals surface area contributed by atoms with Gasteiger partial charge < -0.3 is 10.2 Å². The molecule has 2 amide bonds. The number of tetrazole rings is 1. The van der Waals surface area contributed by atoms with Crippen LogP contribution in [-0.4, -0.2) is 50.0 Å². The molecule has 0 atom stereocenters. The molecule has 1 saturated heterocycles.